The molecule has 1 heterocycles. The number of aromatic nitrogens is 1. The van der Waals surface area contributed by atoms with Crippen LogP contribution in [-0.4, -0.2) is 20.5 Å². The molecule has 0 fully saturated rings. The van der Waals surface area contributed by atoms with E-state index in [-0.39, 0.29) is 16.5 Å². The number of hydrogen-bond acceptors (Lipinski definition) is 5. The van der Waals surface area contributed by atoms with Crippen LogP contribution >= 0.6 is 23.2 Å². The molecule has 0 aliphatic rings. The summed E-state index contributed by atoms with van der Waals surface area (Å²) in [5.74, 6) is -1.66. The van der Waals surface area contributed by atoms with Crippen LogP contribution in [0.4, 0.5) is 23.2 Å². The second kappa shape index (κ2) is 9.00. The molecule has 1 aromatic heterocycles. The Morgan fingerprint density at radius 3 is 2.47 bits per heavy atom. The predicted octanol–water partition coefficient (Wildman–Crippen LogP) is 6.15. The van der Waals surface area contributed by atoms with Gasteiger partial charge in [-0.25, -0.2) is 17.8 Å². The Kier molecular flexibility index (Phi) is 6.72. The van der Waals surface area contributed by atoms with Gasteiger partial charge in [-0.1, -0.05) is 29.3 Å². The van der Waals surface area contributed by atoms with Crippen molar-refractivity contribution in [1.82, 2.24) is 4.98 Å². The summed E-state index contributed by atoms with van der Waals surface area (Å²) in [5, 5.41) is -0.695. The highest BCUT2D eigenvalue weighted by Gasteiger charge is 2.34. The molecule has 0 aliphatic carbocycles. The molecule has 0 saturated heterocycles. The summed E-state index contributed by atoms with van der Waals surface area (Å²) in [6, 6.07) is 6.99. The van der Waals surface area contributed by atoms with Gasteiger partial charge in [-0.05, 0) is 36.4 Å². The lowest BCUT2D eigenvalue weighted by Gasteiger charge is -2.16. The number of para-hydroxylation sites is 1. The van der Waals surface area contributed by atoms with Gasteiger partial charge in [0.2, 0.25) is 11.6 Å². The summed E-state index contributed by atoms with van der Waals surface area (Å²) in [7, 11) is -3.32. The third kappa shape index (κ3) is 5.17. The monoisotopic (exact) mass is 510 g/mol. The minimum absolute atomic E-state index is 0.0110. The van der Waals surface area contributed by atoms with Gasteiger partial charge in [-0.3, -0.25) is 4.72 Å². The van der Waals surface area contributed by atoms with Crippen LogP contribution in [0.15, 0.2) is 53.6 Å². The van der Waals surface area contributed by atoms with Crippen LogP contribution in [0.2, 0.25) is 10.0 Å². The fourth-order valence-electron chi connectivity index (χ4n) is 2.52. The Balaban J connectivity index is 2.03. The Morgan fingerprint density at radius 1 is 1.09 bits per heavy atom. The van der Waals surface area contributed by atoms with Gasteiger partial charge < -0.3 is 9.47 Å². The molecule has 13 heteroatoms. The zero-order chi connectivity index (χ0) is 23.7. The summed E-state index contributed by atoms with van der Waals surface area (Å²) in [6.45, 7) is 0. The number of pyridine rings is 1. The number of alkyl halides is 3. The highest BCUT2D eigenvalue weighted by Crippen LogP contribution is 2.39. The fourth-order valence-corrected chi connectivity index (χ4v) is 3.98. The second-order valence-corrected chi connectivity index (χ2v) is 8.65. The molecule has 0 amide bonds. The molecule has 0 saturated carbocycles. The summed E-state index contributed by atoms with van der Waals surface area (Å²) >= 11 is 11.4. The van der Waals surface area contributed by atoms with Crippen molar-refractivity contribution in [3.05, 3.63) is 70.1 Å². The molecule has 0 atom stereocenters. The maximum absolute atomic E-state index is 14.2. The van der Waals surface area contributed by atoms with E-state index in [0.717, 1.165) is 30.5 Å². The normalized spacial score (nSPS) is 11.8. The Labute approximate surface area is 189 Å². The van der Waals surface area contributed by atoms with Gasteiger partial charge in [-0.15, -0.1) is 0 Å². The van der Waals surface area contributed by atoms with E-state index in [1.165, 1.54) is 19.2 Å². The third-order valence-corrected chi connectivity index (χ3v) is 5.86. The van der Waals surface area contributed by atoms with Crippen LogP contribution in [0.1, 0.15) is 5.56 Å². The molecule has 0 unspecified atom stereocenters. The maximum Gasteiger partial charge on any atom is 0.417 e. The van der Waals surface area contributed by atoms with Crippen molar-refractivity contribution in [3.63, 3.8) is 0 Å². The van der Waals surface area contributed by atoms with E-state index in [1.54, 1.807) is 0 Å². The molecule has 2 aromatic carbocycles. The number of methoxy groups -OCH3 is 1. The van der Waals surface area contributed by atoms with Gasteiger partial charge in [-0.2, -0.15) is 13.2 Å². The topological polar surface area (TPSA) is 77.5 Å². The average molecular weight is 511 g/mol. The molecular weight excluding hydrogens is 499 g/mol. The average Bonchev–Trinajstić information content (AvgIpc) is 2.70. The first-order valence-electron chi connectivity index (χ1n) is 8.48. The number of hydrogen-bond donors (Lipinski definition) is 1. The molecule has 170 valence electrons. The molecule has 0 aliphatic heterocycles. The summed E-state index contributed by atoms with van der Waals surface area (Å²) < 4.78 is 91.5. The van der Waals surface area contributed by atoms with E-state index >= 15 is 0 Å². The fraction of sp³-hybridized carbons (Fsp3) is 0.105. The Morgan fingerprint density at radius 2 is 1.81 bits per heavy atom. The number of sulfonamides is 1. The zero-order valence-electron chi connectivity index (χ0n) is 15.9. The van der Waals surface area contributed by atoms with E-state index in [2.05, 4.69) is 4.98 Å². The van der Waals surface area contributed by atoms with Crippen molar-refractivity contribution in [1.29, 1.82) is 0 Å². The van der Waals surface area contributed by atoms with Crippen molar-refractivity contribution in [2.24, 2.45) is 0 Å². The smallest absolute Gasteiger partial charge is 0.417 e. The number of benzene rings is 2. The van der Waals surface area contributed by atoms with Crippen LogP contribution < -0.4 is 14.2 Å². The van der Waals surface area contributed by atoms with Gasteiger partial charge in [0, 0.05) is 6.20 Å². The number of nitrogens with one attached hydrogen (secondary N) is 1. The molecule has 3 rings (SSSR count). The van der Waals surface area contributed by atoms with Crippen molar-refractivity contribution in [3.8, 4) is 17.4 Å². The number of anilines is 1. The van der Waals surface area contributed by atoms with Gasteiger partial charge >= 0.3 is 6.18 Å². The summed E-state index contributed by atoms with van der Waals surface area (Å²) in [6.07, 6.45) is -3.78. The lowest BCUT2D eigenvalue weighted by atomic mass is 10.2. The maximum atomic E-state index is 14.2. The van der Waals surface area contributed by atoms with Crippen LogP contribution in [-0.2, 0) is 16.2 Å². The van der Waals surface area contributed by atoms with Gasteiger partial charge in [0.25, 0.3) is 10.0 Å². The molecular formula is C19H12Cl2F4N2O4S. The van der Waals surface area contributed by atoms with Crippen molar-refractivity contribution in [2.45, 2.75) is 11.1 Å². The Hall–Kier alpha value is -2.76. The highest BCUT2D eigenvalue weighted by molar-refractivity contribution is 7.92. The number of halogens is 6. The lowest BCUT2D eigenvalue weighted by molar-refractivity contribution is -0.137. The minimum atomic E-state index is -4.88. The van der Waals surface area contributed by atoms with Crippen LogP contribution in [0.5, 0.6) is 17.4 Å². The SMILES string of the molecule is COc1cccc(F)c1Oc1ncc(Cl)cc1NS(=O)(=O)c1ccc(Cl)c(C(F)(F)F)c1. The first-order valence-corrected chi connectivity index (χ1v) is 10.7. The van der Waals surface area contributed by atoms with Gasteiger partial charge in [0.1, 0.15) is 5.69 Å². The number of ether oxygens (including phenoxy) is 2. The molecule has 0 bridgehead atoms. The van der Waals surface area contributed by atoms with Crippen molar-refractivity contribution < 1.29 is 35.5 Å². The standard InChI is InChI=1S/C19H12Cl2F4N2O4S/c1-30-16-4-2-3-14(22)17(16)31-18-15(7-10(20)9-26-18)27-32(28,29)11-5-6-13(21)12(8-11)19(23,24)25/h2-9,27H,1H3. The van der Waals surface area contributed by atoms with E-state index < -0.39 is 49.1 Å². The molecule has 6 nitrogen and oxygen atoms in total. The lowest BCUT2D eigenvalue weighted by Crippen LogP contribution is -2.16. The van der Waals surface area contributed by atoms with E-state index in [0.29, 0.717) is 6.07 Å². The van der Waals surface area contributed by atoms with Gasteiger partial charge in [0.15, 0.2) is 11.6 Å². The molecule has 3 aromatic rings. The van der Waals surface area contributed by atoms with Crippen molar-refractivity contribution in [2.75, 3.05) is 11.8 Å². The van der Waals surface area contributed by atoms with E-state index in [1.807, 2.05) is 4.72 Å². The van der Waals surface area contributed by atoms with Crippen LogP contribution in [0.3, 0.4) is 0 Å². The molecule has 0 spiro atoms. The highest BCUT2D eigenvalue weighted by atomic mass is 35.5. The molecule has 1 N–H and O–H groups in total. The van der Waals surface area contributed by atoms with Crippen molar-refractivity contribution >= 4 is 38.9 Å². The minimum Gasteiger partial charge on any atom is -0.493 e. The number of nitrogens with zero attached hydrogens (tertiary/aromatic N) is 1. The summed E-state index contributed by atoms with van der Waals surface area (Å²) in [4.78, 5) is 3.10. The largest absolute Gasteiger partial charge is 0.493 e. The summed E-state index contributed by atoms with van der Waals surface area (Å²) in [5.41, 5.74) is -1.69. The second-order valence-electron chi connectivity index (χ2n) is 6.12. The van der Waals surface area contributed by atoms with E-state index in [4.69, 9.17) is 32.7 Å². The molecule has 32 heavy (non-hydrogen) atoms. The first kappa shape index (κ1) is 23.9. The van der Waals surface area contributed by atoms with E-state index in [9.17, 15) is 26.0 Å². The van der Waals surface area contributed by atoms with Gasteiger partial charge in [0.05, 0.1) is 27.6 Å². The zero-order valence-corrected chi connectivity index (χ0v) is 18.2. The van der Waals surface area contributed by atoms with Crippen LogP contribution in [0.25, 0.3) is 0 Å². The predicted molar refractivity (Wildman–Crippen MR) is 110 cm³/mol. The number of rotatable bonds is 6. The Bertz CT molecular complexity index is 1270. The quantitative estimate of drug-likeness (QED) is 0.402. The third-order valence-electron chi connectivity index (χ3n) is 3.97. The first-order chi connectivity index (χ1) is 14.9. The molecule has 0 radical (unpaired) electrons. The van der Waals surface area contributed by atoms with Crippen LogP contribution in [0, 0.1) is 5.82 Å².